The van der Waals surface area contributed by atoms with Crippen LogP contribution in [-0.4, -0.2) is 44.5 Å². The SMILES string of the molecule is CC[C@@H](Nc1c(Nc2c(N)c(C(=O)N(C)C)nn2C)c(=O)n(C)[nH]c1=O)c1ccccc1. The summed E-state index contributed by atoms with van der Waals surface area (Å²) >= 11 is 0. The molecule has 2 aromatic heterocycles. The molecule has 0 radical (unpaired) electrons. The molecule has 3 rings (SSSR count). The summed E-state index contributed by atoms with van der Waals surface area (Å²) in [4.78, 5) is 39.5. The van der Waals surface area contributed by atoms with Crippen LogP contribution in [0.25, 0.3) is 0 Å². The van der Waals surface area contributed by atoms with Crippen LogP contribution >= 0.6 is 0 Å². The van der Waals surface area contributed by atoms with Gasteiger partial charge in [0.25, 0.3) is 17.0 Å². The van der Waals surface area contributed by atoms with Crippen LogP contribution in [0.15, 0.2) is 39.9 Å². The van der Waals surface area contributed by atoms with E-state index in [1.807, 2.05) is 37.3 Å². The Morgan fingerprint density at radius 3 is 2.44 bits per heavy atom. The summed E-state index contributed by atoms with van der Waals surface area (Å²) in [6, 6.07) is 9.41. The maximum atomic E-state index is 13.0. The molecule has 1 amide bonds. The number of nitrogens with zero attached hydrogens (tertiary/aromatic N) is 4. The van der Waals surface area contributed by atoms with Crippen LogP contribution in [0, 0.1) is 0 Å². The second kappa shape index (κ2) is 9.00. The van der Waals surface area contributed by atoms with E-state index in [0.29, 0.717) is 6.42 Å². The largest absolute Gasteiger partial charge is 0.394 e. The Morgan fingerprint density at radius 1 is 1.19 bits per heavy atom. The Balaban J connectivity index is 2.09. The van der Waals surface area contributed by atoms with Crippen LogP contribution in [-0.2, 0) is 14.1 Å². The minimum atomic E-state index is -0.477. The highest BCUT2D eigenvalue weighted by molar-refractivity contribution is 6.00. The van der Waals surface area contributed by atoms with E-state index in [4.69, 9.17) is 5.73 Å². The lowest BCUT2D eigenvalue weighted by Crippen LogP contribution is -2.32. The van der Waals surface area contributed by atoms with Gasteiger partial charge in [0.2, 0.25) is 0 Å². The first-order chi connectivity index (χ1) is 15.1. The van der Waals surface area contributed by atoms with Gasteiger partial charge < -0.3 is 21.3 Å². The van der Waals surface area contributed by atoms with E-state index < -0.39 is 11.1 Å². The van der Waals surface area contributed by atoms with Crippen molar-refractivity contribution >= 4 is 28.8 Å². The van der Waals surface area contributed by atoms with Crippen molar-refractivity contribution in [3.63, 3.8) is 0 Å². The maximum Gasteiger partial charge on any atom is 0.290 e. The molecule has 11 heteroatoms. The zero-order valence-electron chi connectivity index (χ0n) is 18.8. The highest BCUT2D eigenvalue weighted by Crippen LogP contribution is 2.29. The van der Waals surface area contributed by atoms with Gasteiger partial charge in [-0.2, -0.15) is 5.10 Å². The normalized spacial score (nSPS) is 11.8. The summed E-state index contributed by atoms with van der Waals surface area (Å²) < 4.78 is 2.45. The summed E-state index contributed by atoms with van der Waals surface area (Å²) in [5.41, 5.74) is 6.40. The Kier molecular flexibility index (Phi) is 6.37. The zero-order chi connectivity index (χ0) is 23.6. The van der Waals surface area contributed by atoms with Gasteiger partial charge in [-0.3, -0.25) is 24.2 Å². The molecule has 0 fully saturated rings. The molecule has 0 aliphatic carbocycles. The van der Waals surface area contributed by atoms with Crippen LogP contribution in [0.4, 0.5) is 22.9 Å². The number of anilines is 4. The van der Waals surface area contributed by atoms with Gasteiger partial charge in [0.05, 0.1) is 6.04 Å². The van der Waals surface area contributed by atoms with E-state index in [2.05, 4.69) is 20.8 Å². The Labute approximate surface area is 184 Å². The molecule has 3 aromatic rings. The third kappa shape index (κ3) is 4.22. The number of amides is 1. The van der Waals surface area contributed by atoms with Crippen LogP contribution in [0.5, 0.6) is 0 Å². The summed E-state index contributed by atoms with van der Waals surface area (Å²) in [6.45, 7) is 1.98. The van der Waals surface area contributed by atoms with Crippen molar-refractivity contribution in [1.29, 1.82) is 0 Å². The van der Waals surface area contributed by atoms with Crippen LogP contribution in [0.1, 0.15) is 35.4 Å². The van der Waals surface area contributed by atoms with Gasteiger partial charge in [-0.25, -0.2) is 4.68 Å². The number of H-pyrrole nitrogens is 1. The van der Waals surface area contributed by atoms with Crippen molar-refractivity contribution in [3.05, 3.63) is 62.3 Å². The molecule has 0 saturated carbocycles. The van der Waals surface area contributed by atoms with Crippen LogP contribution in [0.3, 0.4) is 0 Å². The number of aryl methyl sites for hydroxylation is 2. The number of nitrogen functional groups attached to an aromatic ring is 1. The van der Waals surface area contributed by atoms with E-state index in [1.54, 1.807) is 21.1 Å². The molecule has 2 heterocycles. The molecule has 1 atom stereocenters. The maximum absolute atomic E-state index is 13.0. The van der Waals surface area contributed by atoms with Gasteiger partial charge in [-0.05, 0) is 12.0 Å². The second-order valence-corrected chi connectivity index (χ2v) is 7.63. The number of benzene rings is 1. The number of aromatic amines is 1. The average molecular weight is 441 g/mol. The lowest BCUT2D eigenvalue weighted by molar-refractivity contribution is 0.0822. The predicted molar refractivity (Wildman–Crippen MR) is 124 cm³/mol. The summed E-state index contributed by atoms with van der Waals surface area (Å²) in [5, 5.41) is 12.8. The first-order valence-corrected chi connectivity index (χ1v) is 10.1. The number of rotatable bonds is 7. The number of nitrogens with one attached hydrogen (secondary N) is 3. The summed E-state index contributed by atoms with van der Waals surface area (Å²) in [6.07, 6.45) is 0.674. The molecule has 0 aliphatic heterocycles. The average Bonchev–Trinajstić information content (AvgIpc) is 3.05. The van der Waals surface area contributed by atoms with Gasteiger partial charge in [0.1, 0.15) is 17.1 Å². The number of carbonyl (C=O) groups excluding carboxylic acids is 1. The topological polar surface area (TPSA) is 143 Å². The predicted octanol–water partition coefficient (Wildman–Crippen LogP) is 1.40. The second-order valence-electron chi connectivity index (χ2n) is 7.63. The zero-order valence-corrected chi connectivity index (χ0v) is 18.8. The summed E-state index contributed by atoms with van der Waals surface area (Å²) in [5.74, 6) is -0.146. The van der Waals surface area contributed by atoms with Gasteiger partial charge >= 0.3 is 0 Å². The van der Waals surface area contributed by atoms with Crippen molar-refractivity contribution in [2.45, 2.75) is 19.4 Å². The minimum Gasteiger partial charge on any atom is -0.394 e. The quantitative estimate of drug-likeness (QED) is 0.435. The molecule has 0 bridgehead atoms. The van der Waals surface area contributed by atoms with E-state index >= 15 is 0 Å². The fourth-order valence-electron chi connectivity index (χ4n) is 3.36. The number of nitrogens with two attached hydrogens (primary N) is 1. The third-order valence-corrected chi connectivity index (χ3v) is 5.13. The third-order valence-electron chi connectivity index (χ3n) is 5.13. The molecule has 0 aliphatic rings. The van der Waals surface area contributed by atoms with Crippen molar-refractivity contribution in [2.24, 2.45) is 14.1 Å². The molecular formula is C21H28N8O3. The number of aromatic nitrogens is 4. The summed E-state index contributed by atoms with van der Waals surface area (Å²) in [7, 11) is 6.22. The first kappa shape index (κ1) is 22.7. The number of hydrogen-bond donors (Lipinski definition) is 4. The van der Waals surface area contributed by atoms with E-state index in [9.17, 15) is 14.4 Å². The monoisotopic (exact) mass is 440 g/mol. The van der Waals surface area contributed by atoms with Crippen molar-refractivity contribution in [3.8, 4) is 0 Å². The molecule has 170 valence electrons. The van der Waals surface area contributed by atoms with Gasteiger partial charge in [0, 0.05) is 28.2 Å². The fourth-order valence-corrected chi connectivity index (χ4v) is 3.36. The van der Waals surface area contributed by atoms with Crippen molar-refractivity contribution in [2.75, 3.05) is 30.5 Å². The Morgan fingerprint density at radius 2 is 1.84 bits per heavy atom. The molecule has 0 spiro atoms. The molecule has 1 aromatic carbocycles. The number of hydrogen-bond acceptors (Lipinski definition) is 7. The standard InChI is InChI=1S/C21H28N8O3/c1-6-13(12-10-8-7-9-11-12)23-16-17(21(32)29(5)26-19(16)30)24-18-14(22)15(25-28(18)4)20(31)27(2)3/h7-11,13,23-24H,6,22H2,1-5H3,(H,26,30)/t13-/m1/s1. The van der Waals surface area contributed by atoms with Crippen molar-refractivity contribution in [1.82, 2.24) is 24.5 Å². The van der Waals surface area contributed by atoms with Gasteiger partial charge in [0.15, 0.2) is 11.5 Å². The smallest absolute Gasteiger partial charge is 0.290 e. The van der Waals surface area contributed by atoms with E-state index in [-0.39, 0.29) is 40.5 Å². The van der Waals surface area contributed by atoms with Crippen LogP contribution in [0.2, 0.25) is 0 Å². The minimum absolute atomic E-state index is 0.00387. The molecule has 0 unspecified atom stereocenters. The number of carbonyl (C=O) groups is 1. The lowest BCUT2D eigenvalue weighted by atomic mass is 10.0. The highest BCUT2D eigenvalue weighted by atomic mass is 16.2. The molecule has 11 nitrogen and oxygen atoms in total. The first-order valence-electron chi connectivity index (χ1n) is 10.1. The molecule has 5 N–H and O–H groups in total. The molecular weight excluding hydrogens is 412 g/mol. The Bertz CT molecular complexity index is 1240. The van der Waals surface area contributed by atoms with Crippen LogP contribution < -0.4 is 27.5 Å². The van der Waals surface area contributed by atoms with Crippen molar-refractivity contribution < 1.29 is 4.79 Å². The van der Waals surface area contributed by atoms with E-state index in [1.165, 1.54) is 16.6 Å². The molecule has 32 heavy (non-hydrogen) atoms. The fraction of sp³-hybridized carbons (Fsp3) is 0.333. The van der Waals surface area contributed by atoms with Gasteiger partial charge in [-0.1, -0.05) is 37.3 Å². The Hall–Kier alpha value is -4.02. The highest BCUT2D eigenvalue weighted by Gasteiger charge is 2.24. The van der Waals surface area contributed by atoms with E-state index in [0.717, 1.165) is 10.2 Å². The van der Waals surface area contributed by atoms with Gasteiger partial charge in [-0.15, -0.1) is 0 Å². The molecule has 0 saturated heterocycles. The lowest BCUT2D eigenvalue weighted by Gasteiger charge is -2.21.